The van der Waals surface area contributed by atoms with E-state index < -0.39 is 5.97 Å². The molecule has 0 aliphatic carbocycles. The average Bonchev–Trinajstić information content (AvgIpc) is 2.31. The molecule has 2 aromatic heterocycles. The average molecular weight is 265 g/mol. The molecule has 92 valence electrons. The van der Waals surface area contributed by atoms with E-state index in [-0.39, 0.29) is 16.6 Å². The number of aromatic carboxylic acids is 1. The second-order valence-electron chi connectivity index (χ2n) is 3.51. The van der Waals surface area contributed by atoms with Gasteiger partial charge in [-0.1, -0.05) is 11.6 Å². The van der Waals surface area contributed by atoms with Crippen LogP contribution in [-0.2, 0) is 0 Å². The topological polar surface area (TPSA) is 72.3 Å². The molecule has 0 bridgehead atoms. The molecule has 18 heavy (non-hydrogen) atoms. The van der Waals surface area contributed by atoms with Crippen LogP contribution in [0, 0.1) is 6.92 Å². The van der Waals surface area contributed by atoms with Gasteiger partial charge >= 0.3 is 5.97 Å². The van der Waals surface area contributed by atoms with Gasteiger partial charge < -0.3 is 9.84 Å². The zero-order valence-electron chi connectivity index (χ0n) is 9.42. The summed E-state index contributed by atoms with van der Waals surface area (Å²) in [5.41, 5.74) is 0.697. The van der Waals surface area contributed by atoms with Crippen molar-refractivity contribution in [2.75, 3.05) is 0 Å². The molecule has 0 amide bonds. The SMILES string of the molecule is Cc1ncccc1Oc1cc(C(=O)O)cc(Cl)n1. The summed E-state index contributed by atoms with van der Waals surface area (Å²) in [6.07, 6.45) is 1.64. The van der Waals surface area contributed by atoms with Crippen LogP contribution in [0.3, 0.4) is 0 Å². The lowest BCUT2D eigenvalue weighted by Crippen LogP contribution is -1.99. The Kier molecular flexibility index (Phi) is 3.43. The quantitative estimate of drug-likeness (QED) is 0.863. The van der Waals surface area contributed by atoms with Gasteiger partial charge in [-0.25, -0.2) is 9.78 Å². The molecule has 2 heterocycles. The highest BCUT2D eigenvalue weighted by atomic mass is 35.5. The lowest BCUT2D eigenvalue weighted by Gasteiger charge is -2.07. The Bertz CT molecular complexity index is 602. The van der Waals surface area contributed by atoms with Gasteiger partial charge in [-0.15, -0.1) is 0 Å². The van der Waals surface area contributed by atoms with Crippen LogP contribution in [0.2, 0.25) is 5.15 Å². The first-order chi connectivity index (χ1) is 8.56. The van der Waals surface area contributed by atoms with Crippen molar-refractivity contribution in [3.05, 3.63) is 46.9 Å². The van der Waals surface area contributed by atoms with Crippen molar-refractivity contribution < 1.29 is 14.6 Å². The Hall–Kier alpha value is -2.14. The Morgan fingerprint density at radius 3 is 2.89 bits per heavy atom. The van der Waals surface area contributed by atoms with Crippen molar-refractivity contribution in [2.45, 2.75) is 6.92 Å². The number of ether oxygens (including phenoxy) is 1. The zero-order valence-corrected chi connectivity index (χ0v) is 10.2. The molecule has 2 rings (SSSR count). The second kappa shape index (κ2) is 5.01. The number of halogens is 1. The minimum atomic E-state index is -1.09. The summed E-state index contributed by atoms with van der Waals surface area (Å²) in [5, 5.41) is 8.96. The second-order valence-corrected chi connectivity index (χ2v) is 3.90. The summed E-state index contributed by atoms with van der Waals surface area (Å²) in [7, 11) is 0. The molecule has 0 radical (unpaired) electrons. The number of aromatic nitrogens is 2. The first kappa shape index (κ1) is 12.3. The van der Waals surface area contributed by atoms with Crippen LogP contribution >= 0.6 is 11.6 Å². The fourth-order valence-electron chi connectivity index (χ4n) is 1.34. The van der Waals surface area contributed by atoms with Gasteiger partial charge in [0.15, 0.2) is 5.75 Å². The van der Waals surface area contributed by atoms with E-state index in [1.807, 2.05) is 0 Å². The Balaban J connectivity index is 2.35. The van der Waals surface area contributed by atoms with Crippen molar-refractivity contribution in [3.63, 3.8) is 0 Å². The third-order valence-electron chi connectivity index (χ3n) is 2.19. The molecule has 6 heteroatoms. The summed E-state index contributed by atoms with van der Waals surface area (Å²) in [6, 6.07) is 5.99. The molecule has 5 nitrogen and oxygen atoms in total. The van der Waals surface area contributed by atoms with Crippen molar-refractivity contribution in [3.8, 4) is 11.6 Å². The van der Waals surface area contributed by atoms with Gasteiger partial charge in [0.05, 0.1) is 11.3 Å². The van der Waals surface area contributed by atoms with Gasteiger partial charge in [0.25, 0.3) is 0 Å². The molecule has 0 saturated heterocycles. The van der Waals surface area contributed by atoms with Crippen LogP contribution < -0.4 is 4.74 Å². The van der Waals surface area contributed by atoms with Gasteiger partial charge in [-0.3, -0.25) is 4.98 Å². The zero-order chi connectivity index (χ0) is 13.1. The lowest BCUT2D eigenvalue weighted by molar-refractivity contribution is 0.0696. The number of pyridine rings is 2. The molecular weight excluding hydrogens is 256 g/mol. The molecule has 0 atom stereocenters. The van der Waals surface area contributed by atoms with E-state index >= 15 is 0 Å². The molecular formula is C12H9ClN2O3. The first-order valence-electron chi connectivity index (χ1n) is 5.06. The van der Waals surface area contributed by atoms with E-state index in [9.17, 15) is 4.79 Å². The van der Waals surface area contributed by atoms with Crippen molar-refractivity contribution in [1.29, 1.82) is 0 Å². The monoisotopic (exact) mass is 264 g/mol. The van der Waals surface area contributed by atoms with Gasteiger partial charge in [-0.05, 0) is 25.1 Å². The van der Waals surface area contributed by atoms with Gasteiger partial charge in [0.1, 0.15) is 5.15 Å². The highest BCUT2D eigenvalue weighted by molar-refractivity contribution is 6.29. The summed E-state index contributed by atoms with van der Waals surface area (Å²) >= 11 is 5.73. The van der Waals surface area contributed by atoms with Gasteiger partial charge in [0.2, 0.25) is 5.88 Å². The molecule has 0 aliphatic rings. The Labute approximate surface area is 108 Å². The minimum Gasteiger partial charge on any atom is -0.478 e. The number of nitrogens with zero attached hydrogens (tertiary/aromatic N) is 2. The third kappa shape index (κ3) is 2.75. The molecule has 0 spiro atoms. The third-order valence-corrected chi connectivity index (χ3v) is 2.38. The number of rotatable bonds is 3. The lowest BCUT2D eigenvalue weighted by atomic mass is 10.3. The summed E-state index contributed by atoms with van der Waals surface area (Å²) in [5.74, 6) is -0.466. The molecule has 1 N–H and O–H groups in total. The van der Waals surface area contributed by atoms with E-state index in [4.69, 9.17) is 21.4 Å². The smallest absolute Gasteiger partial charge is 0.335 e. The van der Waals surface area contributed by atoms with E-state index in [1.54, 1.807) is 25.3 Å². The molecule has 0 unspecified atom stereocenters. The van der Waals surface area contributed by atoms with Crippen LogP contribution in [0.15, 0.2) is 30.5 Å². The number of carboxylic acids is 1. The highest BCUT2D eigenvalue weighted by Crippen LogP contribution is 2.24. The van der Waals surface area contributed by atoms with Crippen LogP contribution in [0.25, 0.3) is 0 Å². The first-order valence-corrected chi connectivity index (χ1v) is 5.44. The van der Waals surface area contributed by atoms with E-state index in [2.05, 4.69) is 9.97 Å². The molecule has 0 aromatic carbocycles. The number of hydrogen-bond acceptors (Lipinski definition) is 4. The molecule has 0 fully saturated rings. The summed E-state index contributed by atoms with van der Waals surface area (Å²) < 4.78 is 5.46. The molecule has 2 aromatic rings. The van der Waals surface area contributed by atoms with Crippen molar-refractivity contribution in [1.82, 2.24) is 9.97 Å². The van der Waals surface area contributed by atoms with Crippen LogP contribution in [0.5, 0.6) is 11.6 Å². The fraction of sp³-hybridized carbons (Fsp3) is 0.0833. The molecule has 0 aliphatic heterocycles. The number of hydrogen-bond donors (Lipinski definition) is 1. The maximum atomic E-state index is 10.9. The predicted octanol–water partition coefficient (Wildman–Crippen LogP) is 2.93. The van der Waals surface area contributed by atoms with E-state index in [1.165, 1.54) is 12.1 Å². The largest absolute Gasteiger partial charge is 0.478 e. The van der Waals surface area contributed by atoms with Crippen LogP contribution in [0.4, 0.5) is 0 Å². The normalized spacial score (nSPS) is 10.1. The molecule has 0 saturated carbocycles. The van der Waals surface area contributed by atoms with Crippen LogP contribution in [0.1, 0.15) is 16.1 Å². The standard InChI is InChI=1S/C12H9ClN2O3/c1-7-9(3-2-4-14-7)18-11-6-8(12(16)17)5-10(13)15-11/h2-6H,1H3,(H,16,17). The maximum absolute atomic E-state index is 10.9. The van der Waals surface area contributed by atoms with Crippen molar-refractivity contribution >= 4 is 17.6 Å². The number of carboxylic acid groups (broad SMARTS) is 1. The fourth-order valence-corrected chi connectivity index (χ4v) is 1.54. The number of carbonyl (C=O) groups is 1. The van der Waals surface area contributed by atoms with Gasteiger partial charge in [0, 0.05) is 12.3 Å². The Morgan fingerprint density at radius 1 is 1.44 bits per heavy atom. The van der Waals surface area contributed by atoms with Crippen LogP contribution in [-0.4, -0.2) is 21.0 Å². The minimum absolute atomic E-state index is 0.0199. The number of aryl methyl sites for hydroxylation is 1. The Morgan fingerprint density at radius 2 is 2.22 bits per heavy atom. The summed E-state index contributed by atoms with van der Waals surface area (Å²) in [4.78, 5) is 18.8. The highest BCUT2D eigenvalue weighted by Gasteiger charge is 2.10. The van der Waals surface area contributed by atoms with E-state index in [0.29, 0.717) is 11.4 Å². The van der Waals surface area contributed by atoms with E-state index in [0.717, 1.165) is 0 Å². The summed E-state index contributed by atoms with van der Waals surface area (Å²) in [6.45, 7) is 1.78. The maximum Gasteiger partial charge on any atom is 0.335 e. The van der Waals surface area contributed by atoms with Gasteiger partial charge in [-0.2, -0.15) is 0 Å². The van der Waals surface area contributed by atoms with Crippen molar-refractivity contribution in [2.24, 2.45) is 0 Å². The predicted molar refractivity (Wildman–Crippen MR) is 65.3 cm³/mol.